The van der Waals surface area contributed by atoms with E-state index in [2.05, 4.69) is 20.9 Å². The minimum atomic E-state index is -0.0891. The summed E-state index contributed by atoms with van der Waals surface area (Å²) in [4.78, 5) is 16.2. The summed E-state index contributed by atoms with van der Waals surface area (Å²) in [5.74, 6) is 1.38. The Bertz CT molecular complexity index is 536. The highest BCUT2D eigenvalue weighted by Gasteiger charge is 2.20. The zero-order chi connectivity index (χ0) is 17.7. The van der Waals surface area contributed by atoms with Gasteiger partial charge in [0.15, 0.2) is 5.96 Å². The molecule has 1 aromatic rings. The van der Waals surface area contributed by atoms with Crippen molar-refractivity contribution in [1.82, 2.24) is 16.0 Å². The van der Waals surface area contributed by atoms with Gasteiger partial charge in [-0.3, -0.25) is 4.79 Å². The molecule has 0 radical (unpaired) electrons. The standard InChI is InChI=1S/C19H30N4O2.HI/c1-2-20-19(21-11-6-12-25-15-17-9-10-17)23-14-18(24)22-13-16-7-4-3-5-8-16;/h3-5,7-8,17H,2,6,9-15H2,1H3,(H,22,24)(H2,20,21,23);1H. The van der Waals surface area contributed by atoms with E-state index in [1.807, 2.05) is 37.3 Å². The van der Waals surface area contributed by atoms with E-state index in [1.54, 1.807) is 0 Å². The van der Waals surface area contributed by atoms with Gasteiger partial charge in [0.2, 0.25) is 5.91 Å². The number of rotatable bonds is 11. The van der Waals surface area contributed by atoms with Gasteiger partial charge < -0.3 is 20.7 Å². The Morgan fingerprint density at radius 1 is 1.19 bits per heavy atom. The molecular weight excluding hydrogens is 443 g/mol. The van der Waals surface area contributed by atoms with E-state index < -0.39 is 0 Å². The van der Waals surface area contributed by atoms with Gasteiger partial charge in [-0.2, -0.15) is 0 Å². The van der Waals surface area contributed by atoms with Crippen LogP contribution < -0.4 is 16.0 Å². The van der Waals surface area contributed by atoms with Crippen molar-refractivity contribution >= 4 is 35.8 Å². The monoisotopic (exact) mass is 474 g/mol. The van der Waals surface area contributed by atoms with Gasteiger partial charge in [-0.1, -0.05) is 30.3 Å². The molecule has 1 aromatic carbocycles. The third kappa shape index (κ3) is 10.6. The van der Waals surface area contributed by atoms with Gasteiger partial charge in [-0.25, -0.2) is 4.99 Å². The molecule has 1 amide bonds. The van der Waals surface area contributed by atoms with Crippen molar-refractivity contribution in [2.45, 2.75) is 32.7 Å². The van der Waals surface area contributed by atoms with Crippen molar-refractivity contribution < 1.29 is 9.53 Å². The average molecular weight is 474 g/mol. The lowest BCUT2D eigenvalue weighted by Gasteiger charge is -2.11. The number of nitrogens with zero attached hydrogens (tertiary/aromatic N) is 1. The molecule has 1 saturated carbocycles. The van der Waals surface area contributed by atoms with Gasteiger partial charge in [0, 0.05) is 32.8 Å². The Morgan fingerprint density at radius 3 is 2.65 bits per heavy atom. The molecule has 0 heterocycles. The number of ether oxygens (including phenoxy) is 1. The van der Waals surface area contributed by atoms with E-state index in [1.165, 1.54) is 12.8 Å². The van der Waals surface area contributed by atoms with Gasteiger partial charge in [0.1, 0.15) is 6.54 Å². The number of halogens is 1. The van der Waals surface area contributed by atoms with Crippen LogP contribution in [-0.4, -0.2) is 44.7 Å². The number of hydrogen-bond acceptors (Lipinski definition) is 3. The fraction of sp³-hybridized carbons (Fsp3) is 0.579. The minimum absolute atomic E-state index is 0. The summed E-state index contributed by atoms with van der Waals surface area (Å²) in [6.07, 6.45) is 3.57. The Morgan fingerprint density at radius 2 is 1.96 bits per heavy atom. The quantitative estimate of drug-likeness (QED) is 0.199. The number of benzene rings is 1. The second-order valence-corrected chi connectivity index (χ2v) is 6.26. The van der Waals surface area contributed by atoms with Crippen LogP contribution in [0, 0.1) is 5.92 Å². The maximum absolute atomic E-state index is 11.9. The molecule has 0 aromatic heterocycles. The number of guanidine groups is 1. The van der Waals surface area contributed by atoms with Crippen LogP contribution in [0.2, 0.25) is 0 Å². The van der Waals surface area contributed by atoms with Gasteiger partial charge >= 0.3 is 0 Å². The number of nitrogens with one attached hydrogen (secondary N) is 3. The topological polar surface area (TPSA) is 74.8 Å². The molecule has 2 rings (SSSR count). The SMILES string of the molecule is CCNC(=NCC(=O)NCc1ccccc1)NCCCOCC1CC1.I. The normalized spacial score (nSPS) is 13.7. The molecule has 26 heavy (non-hydrogen) atoms. The molecule has 1 aliphatic carbocycles. The molecule has 0 saturated heterocycles. The first-order valence-corrected chi connectivity index (χ1v) is 9.18. The Labute approximate surface area is 173 Å². The second kappa shape index (κ2) is 13.8. The summed E-state index contributed by atoms with van der Waals surface area (Å²) in [5.41, 5.74) is 1.08. The van der Waals surface area contributed by atoms with Crippen LogP contribution in [0.4, 0.5) is 0 Å². The molecule has 1 fully saturated rings. The predicted octanol–water partition coefficient (Wildman–Crippen LogP) is 2.29. The molecule has 0 bridgehead atoms. The van der Waals surface area contributed by atoms with E-state index in [9.17, 15) is 4.79 Å². The van der Waals surface area contributed by atoms with Crippen molar-refractivity contribution in [1.29, 1.82) is 0 Å². The third-order valence-electron chi connectivity index (χ3n) is 3.87. The lowest BCUT2D eigenvalue weighted by atomic mass is 10.2. The Hall–Kier alpha value is -1.35. The summed E-state index contributed by atoms with van der Waals surface area (Å²) in [6, 6.07) is 9.85. The van der Waals surface area contributed by atoms with Crippen LogP contribution in [0.1, 0.15) is 31.7 Å². The summed E-state index contributed by atoms with van der Waals surface area (Å²) in [7, 11) is 0. The molecular formula is C19H31IN4O2. The lowest BCUT2D eigenvalue weighted by Crippen LogP contribution is -2.39. The van der Waals surface area contributed by atoms with E-state index in [0.29, 0.717) is 12.5 Å². The minimum Gasteiger partial charge on any atom is -0.381 e. The van der Waals surface area contributed by atoms with Crippen LogP contribution >= 0.6 is 24.0 Å². The highest BCUT2D eigenvalue weighted by Crippen LogP contribution is 2.28. The molecule has 3 N–H and O–H groups in total. The highest BCUT2D eigenvalue weighted by molar-refractivity contribution is 14.0. The van der Waals surface area contributed by atoms with Gasteiger partial charge in [0.25, 0.3) is 0 Å². The van der Waals surface area contributed by atoms with Crippen LogP contribution in [0.3, 0.4) is 0 Å². The van der Waals surface area contributed by atoms with Crippen molar-refractivity contribution in [2.75, 3.05) is 32.8 Å². The molecule has 0 aliphatic heterocycles. The second-order valence-electron chi connectivity index (χ2n) is 6.26. The van der Waals surface area contributed by atoms with Crippen molar-refractivity contribution in [3.05, 3.63) is 35.9 Å². The first kappa shape index (κ1) is 22.7. The molecule has 0 unspecified atom stereocenters. The molecule has 6 nitrogen and oxygen atoms in total. The average Bonchev–Trinajstić information content (AvgIpc) is 3.46. The van der Waals surface area contributed by atoms with Gasteiger partial charge in [0.05, 0.1) is 0 Å². The molecule has 7 heteroatoms. The molecule has 0 spiro atoms. The maximum Gasteiger partial charge on any atom is 0.242 e. The van der Waals surface area contributed by atoms with Crippen LogP contribution in [0.25, 0.3) is 0 Å². The number of aliphatic imine (C=N–C) groups is 1. The number of hydrogen-bond donors (Lipinski definition) is 3. The Balaban J connectivity index is 0.00000338. The van der Waals surface area contributed by atoms with Crippen LogP contribution in [0.15, 0.2) is 35.3 Å². The number of carbonyl (C=O) groups excluding carboxylic acids is 1. The zero-order valence-corrected chi connectivity index (χ0v) is 17.8. The first-order valence-electron chi connectivity index (χ1n) is 9.18. The Kier molecular flexibility index (Phi) is 12.0. The molecule has 1 aliphatic rings. The van der Waals surface area contributed by atoms with Crippen molar-refractivity contribution in [3.8, 4) is 0 Å². The predicted molar refractivity (Wildman–Crippen MR) is 116 cm³/mol. The van der Waals surface area contributed by atoms with E-state index >= 15 is 0 Å². The number of amides is 1. The largest absolute Gasteiger partial charge is 0.381 e. The van der Waals surface area contributed by atoms with Crippen molar-refractivity contribution in [2.24, 2.45) is 10.9 Å². The fourth-order valence-corrected chi connectivity index (χ4v) is 2.26. The fourth-order valence-electron chi connectivity index (χ4n) is 2.26. The van der Waals surface area contributed by atoms with Crippen LogP contribution in [0.5, 0.6) is 0 Å². The summed E-state index contributed by atoms with van der Waals surface area (Å²) < 4.78 is 5.61. The smallest absolute Gasteiger partial charge is 0.242 e. The van der Waals surface area contributed by atoms with E-state index in [0.717, 1.165) is 44.2 Å². The third-order valence-corrected chi connectivity index (χ3v) is 3.87. The van der Waals surface area contributed by atoms with Gasteiger partial charge in [-0.05, 0) is 37.7 Å². The lowest BCUT2D eigenvalue weighted by molar-refractivity contribution is -0.119. The summed E-state index contributed by atoms with van der Waals surface area (Å²) >= 11 is 0. The number of carbonyl (C=O) groups is 1. The van der Waals surface area contributed by atoms with Crippen molar-refractivity contribution in [3.63, 3.8) is 0 Å². The maximum atomic E-state index is 11.9. The first-order chi connectivity index (χ1) is 12.3. The van der Waals surface area contributed by atoms with Crippen LogP contribution in [-0.2, 0) is 16.1 Å². The zero-order valence-electron chi connectivity index (χ0n) is 15.5. The molecule has 0 atom stereocenters. The van der Waals surface area contributed by atoms with E-state index in [4.69, 9.17) is 4.74 Å². The van der Waals surface area contributed by atoms with Gasteiger partial charge in [-0.15, -0.1) is 24.0 Å². The summed E-state index contributed by atoms with van der Waals surface area (Å²) in [5, 5.41) is 9.26. The highest BCUT2D eigenvalue weighted by atomic mass is 127. The summed E-state index contributed by atoms with van der Waals surface area (Å²) in [6.45, 7) is 5.84. The van der Waals surface area contributed by atoms with E-state index in [-0.39, 0.29) is 36.4 Å². The molecule has 146 valence electrons.